The average molecular weight is 301 g/mol. The van der Waals surface area contributed by atoms with Gasteiger partial charge >= 0.3 is 0 Å². The van der Waals surface area contributed by atoms with Crippen LogP contribution in [0.25, 0.3) is 10.8 Å². The molecule has 0 bridgehead atoms. The number of anilines is 1. The van der Waals surface area contributed by atoms with E-state index in [0.29, 0.717) is 11.4 Å². The molecule has 1 fully saturated rings. The lowest BCUT2D eigenvalue weighted by Gasteiger charge is -2.37. The second-order valence-electron chi connectivity index (χ2n) is 5.94. The molecule has 0 radical (unpaired) electrons. The van der Waals surface area contributed by atoms with Crippen molar-refractivity contribution in [1.29, 1.82) is 0 Å². The summed E-state index contributed by atoms with van der Waals surface area (Å²) in [6, 6.07) is 7.68. The van der Waals surface area contributed by atoms with E-state index < -0.39 is 0 Å². The van der Waals surface area contributed by atoms with Crippen LogP contribution >= 0.6 is 11.8 Å². The third-order valence-corrected chi connectivity index (χ3v) is 5.07. The summed E-state index contributed by atoms with van der Waals surface area (Å²) in [5.74, 6) is 1.49. The Labute approximate surface area is 128 Å². The largest absolute Gasteiger partial charge is 0.383 e. The van der Waals surface area contributed by atoms with Crippen molar-refractivity contribution in [3.05, 3.63) is 36.0 Å². The van der Waals surface area contributed by atoms with Crippen molar-refractivity contribution in [2.75, 3.05) is 24.6 Å². The third-order valence-electron chi connectivity index (χ3n) is 3.77. The first-order chi connectivity index (χ1) is 9.98. The Bertz CT molecular complexity index is 699. The molecule has 0 saturated carbocycles. The SMILES string of the molecule is CC1(C)CN(C(=O)c2cnc(N)c3ccccc23)CCS1. The Hall–Kier alpha value is -1.75. The second kappa shape index (κ2) is 5.22. The van der Waals surface area contributed by atoms with Gasteiger partial charge in [-0.1, -0.05) is 24.3 Å². The van der Waals surface area contributed by atoms with Crippen LogP contribution in [0, 0.1) is 0 Å². The molecule has 0 unspecified atom stereocenters. The number of carbonyl (C=O) groups is 1. The van der Waals surface area contributed by atoms with Crippen LogP contribution in [-0.2, 0) is 0 Å². The monoisotopic (exact) mass is 301 g/mol. The Balaban J connectivity index is 2.01. The van der Waals surface area contributed by atoms with Gasteiger partial charge in [-0.15, -0.1) is 0 Å². The first-order valence-corrected chi connectivity index (χ1v) is 8.03. The van der Waals surface area contributed by atoms with E-state index in [1.165, 1.54) is 0 Å². The van der Waals surface area contributed by atoms with Gasteiger partial charge in [0.25, 0.3) is 5.91 Å². The number of carbonyl (C=O) groups excluding carboxylic acids is 1. The molecule has 4 nitrogen and oxygen atoms in total. The van der Waals surface area contributed by atoms with Crippen LogP contribution in [0.5, 0.6) is 0 Å². The molecule has 0 atom stereocenters. The van der Waals surface area contributed by atoms with Crippen molar-refractivity contribution < 1.29 is 4.79 Å². The Morgan fingerprint density at radius 2 is 2.05 bits per heavy atom. The van der Waals surface area contributed by atoms with Gasteiger partial charge in [-0.3, -0.25) is 4.79 Å². The number of hydrogen-bond acceptors (Lipinski definition) is 4. The molecule has 5 heteroatoms. The molecule has 2 aromatic rings. The zero-order chi connectivity index (χ0) is 15.0. The highest BCUT2D eigenvalue weighted by Gasteiger charge is 2.30. The number of fused-ring (bicyclic) bond motifs is 1. The summed E-state index contributed by atoms with van der Waals surface area (Å²) in [6.07, 6.45) is 1.61. The summed E-state index contributed by atoms with van der Waals surface area (Å²) in [5, 5.41) is 1.72. The number of benzene rings is 1. The van der Waals surface area contributed by atoms with Gasteiger partial charge in [0.1, 0.15) is 5.82 Å². The van der Waals surface area contributed by atoms with Crippen molar-refractivity contribution in [3.8, 4) is 0 Å². The molecule has 3 rings (SSSR count). The summed E-state index contributed by atoms with van der Waals surface area (Å²) in [5.41, 5.74) is 6.55. The van der Waals surface area contributed by atoms with Crippen molar-refractivity contribution in [2.45, 2.75) is 18.6 Å². The smallest absolute Gasteiger partial charge is 0.256 e. The highest BCUT2D eigenvalue weighted by Crippen LogP contribution is 2.31. The lowest BCUT2D eigenvalue weighted by Crippen LogP contribution is -2.46. The van der Waals surface area contributed by atoms with Crippen molar-refractivity contribution in [1.82, 2.24) is 9.88 Å². The normalized spacial score (nSPS) is 17.9. The lowest BCUT2D eigenvalue weighted by atomic mass is 10.1. The zero-order valence-corrected chi connectivity index (χ0v) is 13.1. The molecule has 21 heavy (non-hydrogen) atoms. The van der Waals surface area contributed by atoms with E-state index in [4.69, 9.17) is 5.73 Å². The minimum absolute atomic E-state index is 0.0482. The average Bonchev–Trinajstić information content (AvgIpc) is 2.46. The predicted molar refractivity (Wildman–Crippen MR) is 88.6 cm³/mol. The van der Waals surface area contributed by atoms with Gasteiger partial charge in [0, 0.05) is 35.2 Å². The van der Waals surface area contributed by atoms with Gasteiger partial charge in [0.05, 0.1) is 5.56 Å². The minimum atomic E-state index is 0.0482. The number of nitrogens with zero attached hydrogens (tertiary/aromatic N) is 2. The van der Waals surface area contributed by atoms with Gasteiger partial charge in [0.2, 0.25) is 0 Å². The number of thioether (sulfide) groups is 1. The molecule has 1 aromatic heterocycles. The van der Waals surface area contributed by atoms with Gasteiger partial charge in [-0.25, -0.2) is 4.98 Å². The standard InChI is InChI=1S/C16H19N3OS/c1-16(2)10-19(7-8-21-16)15(20)13-9-18-14(17)12-6-4-3-5-11(12)13/h3-6,9H,7-8,10H2,1-2H3,(H2,17,18). The maximum atomic E-state index is 12.8. The number of rotatable bonds is 1. The quantitative estimate of drug-likeness (QED) is 0.880. The van der Waals surface area contributed by atoms with Crippen molar-refractivity contribution >= 4 is 34.3 Å². The van der Waals surface area contributed by atoms with E-state index in [-0.39, 0.29) is 10.7 Å². The molecule has 0 spiro atoms. The van der Waals surface area contributed by atoms with Crippen molar-refractivity contribution in [2.24, 2.45) is 0 Å². The Morgan fingerprint density at radius 3 is 2.76 bits per heavy atom. The lowest BCUT2D eigenvalue weighted by molar-refractivity contribution is 0.0749. The van der Waals surface area contributed by atoms with Gasteiger partial charge < -0.3 is 10.6 Å². The Morgan fingerprint density at radius 1 is 1.33 bits per heavy atom. The Kier molecular flexibility index (Phi) is 3.53. The summed E-state index contributed by atoms with van der Waals surface area (Å²) >= 11 is 1.91. The molecule has 2 N–H and O–H groups in total. The van der Waals surface area contributed by atoms with Crippen LogP contribution < -0.4 is 5.73 Å². The van der Waals surface area contributed by atoms with Crippen LogP contribution in [0.1, 0.15) is 24.2 Å². The van der Waals surface area contributed by atoms with E-state index in [2.05, 4.69) is 18.8 Å². The van der Waals surface area contributed by atoms with Gasteiger partial charge in [0.15, 0.2) is 0 Å². The van der Waals surface area contributed by atoms with Crippen LogP contribution in [0.4, 0.5) is 5.82 Å². The highest BCUT2D eigenvalue weighted by atomic mass is 32.2. The fraction of sp³-hybridized carbons (Fsp3) is 0.375. The predicted octanol–water partition coefficient (Wildman–Crippen LogP) is 2.78. The van der Waals surface area contributed by atoms with Gasteiger partial charge in [-0.05, 0) is 19.2 Å². The topological polar surface area (TPSA) is 59.2 Å². The number of hydrogen-bond donors (Lipinski definition) is 1. The summed E-state index contributed by atoms with van der Waals surface area (Å²) in [4.78, 5) is 19.0. The molecular formula is C16H19N3OS. The van der Waals surface area contributed by atoms with Gasteiger partial charge in [-0.2, -0.15) is 11.8 Å². The van der Waals surface area contributed by atoms with Crippen LogP contribution in [0.15, 0.2) is 30.5 Å². The molecule has 0 aliphatic carbocycles. The second-order valence-corrected chi connectivity index (χ2v) is 7.74. The zero-order valence-electron chi connectivity index (χ0n) is 12.3. The number of pyridine rings is 1. The van der Waals surface area contributed by atoms with Crippen LogP contribution in [0.2, 0.25) is 0 Å². The molecule has 1 aromatic carbocycles. The summed E-state index contributed by atoms with van der Waals surface area (Å²) in [6.45, 7) is 5.90. The molecule has 110 valence electrons. The number of amides is 1. The summed E-state index contributed by atoms with van der Waals surface area (Å²) in [7, 11) is 0. The van der Waals surface area contributed by atoms with Crippen LogP contribution in [0.3, 0.4) is 0 Å². The van der Waals surface area contributed by atoms with Crippen molar-refractivity contribution in [3.63, 3.8) is 0 Å². The first kappa shape index (κ1) is 14.2. The fourth-order valence-electron chi connectivity index (χ4n) is 2.75. The summed E-state index contributed by atoms with van der Waals surface area (Å²) < 4.78 is 0.102. The molecule has 1 aliphatic rings. The number of nitrogens with two attached hydrogens (primary N) is 1. The molecule has 1 aliphatic heterocycles. The van der Waals surface area contributed by atoms with E-state index in [1.54, 1.807) is 6.20 Å². The van der Waals surface area contributed by atoms with E-state index in [1.807, 2.05) is 40.9 Å². The third kappa shape index (κ3) is 2.70. The molecular weight excluding hydrogens is 282 g/mol. The number of aromatic nitrogens is 1. The van der Waals surface area contributed by atoms with E-state index in [9.17, 15) is 4.79 Å². The molecule has 1 amide bonds. The van der Waals surface area contributed by atoms with Crippen LogP contribution in [-0.4, -0.2) is 39.4 Å². The highest BCUT2D eigenvalue weighted by molar-refractivity contribution is 8.00. The number of nitrogen functional groups attached to an aromatic ring is 1. The first-order valence-electron chi connectivity index (χ1n) is 7.04. The maximum Gasteiger partial charge on any atom is 0.256 e. The van der Waals surface area contributed by atoms with E-state index in [0.717, 1.165) is 29.6 Å². The maximum absolute atomic E-state index is 12.8. The molecule has 2 heterocycles. The van der Waals surface area contributed by atoms with E-state index >= 15 is 0 Å². The molecule has 1 saturated heterocycles. The fourth-order valence-corrected chi connectivity index (χ4v) is 3.86. The minimum Gasteiger partial charge on any atom is -0.383 e.